The molecule has 0 aromatic carbocycles. The van der Waals surface area contributed by atoms with Gasteiger partial charge in [-0.3, -0.25) is 4.68 Å². The van der Waals surface area contributed by atoms with Crippen LogP contribution in [0.3, 0.4) is 0 Å². The molecule has 0 atom stereocenters. The summed E-state index contributed by atoms with van der Waals surface area (Å²) in [6, 6.07) is 1.58. The molecule has 2 aromatic heterocycles. The first-order valence-electron chi connectivity index (χ1n) is 6.65. The Morgan fingerprint density at radius 3 is 3.14 bits per heavy atom. The summed E-state index contributed by atoms with van der Waals surface area (Å²) in [6.07, 6.45) is 0.884. The molecule has 0 amide bonds. The molecular weight excluding hydrogens is 292 g/mol. The normalized spacial score (nSPS) is 14.1. The van der Waals surface area contributed by atoms with Crippen LogP contribution in [0, 0.1) is 0 Å². The quantitative estimate of drug-likeness (QED) is 0.854. The van der Waals surface area contributed by atoms with E-state index in [2.05, 4.69) is 15.4 Å². The van der Waals surface area contributed by atoms with Crippen molar-refractivity contribution in [3.8, 4) is 0 Å². The summed E-state index contributed by atoms with van der Waals surface area (Å²) in [5, 5.41) is 17.1. The van der Waals surface area contributed by atoms with E-state index in [9.17, 15) is 4.79 Å². The molecule has 0 saturated heterocycles. The summed E-state index contributed by atoms with van der Waals surface area (Å²) in [4.78, 5) is 16.7. The van der Waals surface area contributed by atoms with Gasteiger partial charge in [-0.2, -0.15) is 5.10 Å². The van der Waals surface area contributed by atoms with Crippen LogP contribution in [0.15, 0.2) is 6.07 Å². The molecule has 2 aromatic rings. The lowest BCUT2D eigenvalue weighted by Gasteiger charge is -2.08. The maximum Gasteiger partial charge on any atom is 0.356 e. The smallest absolute Gasteiger partial charge is 0.356 e. The Hall–Kier alpha value is -1.77. The largest absolute Gasteiger partial charge is 0.476 e. The van der Waals surface area contributed by atoms with Crippen molar-refractivity contribution in [1.29, 1.82) is 0 Å². The van der Waals surface area contributed by atoms with Crippen LogP contribution in [0.2, 0.25) is 0 Å². The van der Waals surface area contributed by atoms with E-state index in [1.165, 1.54) is 4.88 Å². The molecule has 8 heteroatoms. The van der Waals surface area contributed by atoms with Crippen molar-refractivity contribution in [1.82, 2.24) is 20.1 Å². The Balaban J connectivity index is 1.58. The number of thiazole rings is 1. The fraction of sp³-hybridized carbons (Fsp3) is 0.462. The van der Waals surface area contributed by atoms with Crippen molar-refractivity contribution in [2.24, 2.45) is 7.05 Å². The van der Waals surface area contributed by atoms with Crippen molar-refractivity contribution in [2.75, 3.05) is 6.61 Å². The van der Waals surface area contributed by atoms with Crippen molar-refractivity contribution in [3.05, 3.63) is 33.0 Å². The highest BCUT2D eigenvalue weighted by molar-refractivity contribution is 7.11. The topological polar surface area (TPSA) is 89.3 Å². The number of rotatable bonds is 5. The number of carbonyl (C=O) groups is 1. The zero-order chi connectivity index (χ0) is 14.8. The number of aryl methyl sites for hydroxylation is 1. The van der Waals surface area contributed by atoms with Crippen molar-refractivity contribution in [3.63, 3.8) is 0 Å². The van der Waals surface area contributed by atoms with Gasteiger partial charge < -0.3 is 15.2 Å². The third kappa shape index (κ3) is 3.12. The standard InChI is InChI=1S/C13H16N4O3S/c1-17-8(4-10(16-17)13(18)19)5-14-6-12-15-9-2-3-20-7-11(9)21-12/h4,14H,2-3,5-7H2,1H3,(H,18,19). The fourth-order valence-electron chi connectivity index (χ4n) is 2.23. The minimum Gasteiger partial charge on any atom is -0.476 e. The molecule has 0 saturated carbocycles. The highest BCUT2D eigenvalue weighted by Gasteiger charge is 2.15. The van der Waals surface area contributed by atoms with Gasteiger partial charge in [0.05, 0.1) is 29.5 Å². The van der Waals surface area contributed by atoms with E-state index in [-0.39, 0.29) is 5.69 Å². The zero-order valence-electron chi connectivity index (χ0n) is 11.6. The Labute approximate surface area is 125 Å². The Morgan fingerprint density at radius 2 is 2.43 bits per heavy atom. The van der Waals surface area contributed by atoms with E-state index in [1.54, 1.807) is 29.1 Å². The monoisotopic (exact) mass is 308 g/mol. The van der Waals surface area contributed by atoms with E-state index in [0.29, 0.717) is 19.7 Å². The molecule has 0 aliphatic carbocycles. The molecule has 112 valence electrons. The Bertz CT molecular complexity index is 641. The zero-order valence-corrected chi connectivity index (χ0v) is 12.4. The number of carboxylic acids is 1. The number of aromatic nitrogens is 3. The number of nitrogens with zero attached hydrogens (tertiary/aromatic N) is 3. The summed E-state index contributed by atoms with van der Waals surface area (Å²) < 4.78 is 6.99. The predicted octanol–water partition coefficient (Wildman–Crippen LogP) is 0.937. The van der Waals surface area contributed by atoms with Crippen LogP contribution in [0.25, 0.3) is 0 Å². The van der Waals surface area contributed by atoms with Crippen LogP contribution in [0.1, 0.15) is 31.8 Å². The fourth-order valence-corrected chi connectivity index (χ4v) is 3.25. The number of nitrogens with one attached hydrogen (secondary N) is 1. The molecule has 7 nitrogen and oxygen atoms in total. The van der Waals surface area contributed by atoms with Gasteiger partial charge in [-0.1, -0.05) is 0 Å². The molecule has 21 heavy (non-hydrogen) atoms. The molecule has 1 aliphatic heterocycles. The van der Waals surface area contributed by atoms with Gasteiger partial charge in [-0.05, 0) is 6.07 Å². The third-order valence-corrected chi connectivity index (χ3v) is 4.39. The number of aromatic carboxylic acids is 1. The van der Waals surface area contributed by atoms with Gasteiger partial charge in [0.25, 0.3) is 0 Å². The van der Waals surface area contributed by atoms with Crippen LogP contribution < -0.4 is 5.32 Å². The van der Waals surface area contributed by atoms with Crippen molar-refractivity contribution in [2.45, 2.75) is 26.1 Å². The highest BCUT2D eigenvalue weighted by atomic mass is 32.1. The molecule has 0 spiro atoms. The van der Waals surface area contributed by atoms with Gasteiger partial charge in [-0.15, -0.1) is 11.3 Å². The molecule has 0 fully saturated rings. The van der Waals surface area contributed by atoms with E-state index in [0.717, 1.165) is 29.4 Å². The third-order valence-electron chi connectivity index (χ3n) is 3.32. The van der Waals surface area contributed by atoms with Crippen LogP contribution in [-0.2, 0) is 37.9 Å². The lowest BCUT2D eigenvalue weighted by molar-refractivity contribution is 0.0689. The van der Waals surface area contributed by atoms with Gasteiger partial charge in [0.1, 0.15) is 5.01 Å². The first-order chi connectivity index (χ1) is 10.1. The maximum absolute atomic E-state index is 10.9. The minimum absolute atomic E-state index is 0.0659. The second kappa shape index (κ2) is 5.92. The first kappa shape index (κ1) is 14.2. The molecule has 2 N–H and O–H groups in total. The number of carboxylic acid groups (broad SMARTS) is 1. The van der Waals surface area contributed by atoms with Gasteiger partial charge in [-0.25, -0.2) is 9.78 Å². The number of hydrogen-bond donors (Lipinski definition) is 2. The molecule has 0 unspecified atom stereocenters. The van der Waals surface area contributed by atoms with E-state index >= 15 is 0 Å². The SMILES string of the molecule is Cn1nc(C(=O)O)cc1CNCc1nc2c(s1)COCC2. The summed E-state index contributed by atoms with van der Waals surface area (Å²) in [5.74, 6) is -1.01. The predicted molar refractivity (Wildman–Crippen MR) is 76.2 cm³/mol. The molecule has 3 rings (SSSR count). The van der Waals surface area contributed by atoms with Crippen LogP contribution in [0.4, 0.5) is 0 Å². The molecular formula is C13H16N4O3S. The number of ether oxygens (including phenoxy) is 1. The lowest BCUT2D eigenvalue weighted by Crippen LogP contribution is -2.15. The van der Waals surface area contributed by atoms with E-state index in [4.69, 9.17) is 9.84 Å². The molecule has 0 bridgehead atoms. The minimum atomic E-state index is -1.01. The first-order valence-corrected chi connectivity index (χ1v) is 7.47. The van der Waals surface area contributed by atoms with Gasteiger partial charge in [0.15, 0.2) is 5.69 Å². The summed E-state index contributed by atoms with van der Waals surface area (Å²) in [5.41, 5.74) is 2.05. The molecule has 0 radical (unpaired) electrons. The maximum atomic E-state index is 10.9. The summed E-state index contributed by atoms with van der Waals surface area (Å²) in [7, 11) is 1.74. The van der Waals surface area contributed by atoms with Gasteiger partial charge in [0, 0.05) is 26.6 Å². The van der Waals surface area contributed by atoms with Crippen LogP contribution >= 0.6 is 11.3 Å². The lowest BCUT2D eigenvalue weighted by atomic mass is 10.2. The Kier molecular flexibility index (Phi) is 4.00. The average Bonchev–Trinajstić information content (AvgIpc) is 3.02. The molecule has 3 heterocycles. The van der Waals surface area contributed by atoms with E-state index in [1.807, 2.05) is 0 Å². The Morgan fingerprint density at radius 1 is 1.57 bits per heavy atom. The van der Waals surface area contributed by atoms with Gasteiger partial charge in [0.2, 0.25) is 0 Å². The van der Waals surface area contributed by atoms with Crippen molar-refractivity contribution < 1.29 is 14.6 Å². The van der Waals surface area contributed by atoms with Crippen LogP contribution in [0.5, 0.6) is 0 Å². The van der Waals surface area contributed by atoms with Crippen LogP contribution in [-0.4, -0.2) is 32.4 Å². The van der Waals surface area contributed by atoms with E-state index < -0.39 is 5.97 Å². The summed E-state index contributed by atoms with van der Waals surface area (Å²) >= 11 is 1.67. The van der Waals surface area contributed by atoms with Gasteiger partial charge >= 0.3 is 5.97 Å². The highest BCUT2D eigenvalue weighted by Crippen LogP contribution is 2.23. The number of fused-ring (bicyclic) bond motifs is 1. The second-order valence-electron chi connectivity index (χ2n) is 4.83. The molecule has 1 aliphatic rings. The van der Waals surface area contributed by atoms with Crippen molar-refractivity contribution >= 4 is 17.3 Å². The summed E-state index contributed by atoms with van der Waals surface area (Å²) in [6.45, 7) is 2.62. The average molecular weight is 308 g/mol. The second-order valence-corrected chi connectivity index (χ2v) is 6.00. The number of hydrogen-bond acceptors (Lipinski definition) is 6.